The summed E-state index contributed by atoms with van der Waals surface area (Å²) in [5, 5.41) is 15.2. The monoisotopic (exact) mass is 521 g/mol. The second kappa shape index (κ2) is 10.2. The molecule has 0 saturated heterocycles. The third-order valence-corrected chi connectivity index (χ3v) is 6.89. The molecule has 0 saturated carbocycles. The van der Waals surface area contributed by atoms with Crippen LogP contribution in [0.25, 0.3) is 10.9 Å². The molecule has 1 unspecified atom stereocenters. The molecular weight excluding hydrogens is 497 g/mol. The van der Waals surface area contributed by atoms with Crippen molar-refractivity contribution in [1.82, 2.24) is 14.7 Å². The number of hydrogen-bond acceptors (Lipinski definition) is 4. The fraction of sp³-hybridized carbons (Fsp3) is 0.250. The molecule has 1 aliphatic rings. The number of ether oxygens (including phenoxy) is 1. The standard InChI is InChI=1S/C28H25ClFN3O4/c1-17-21-4-2-3-5-24(21)33(31-17)13-11-26(34)32-12-10-18-14-20(30)7-8-22(18)28(32)23-15-19(29)6-9-25(23)37-16-27(35)36/h2-9,14-15,28H,10-13,16H2,1H3,(H,35,36). The number of aromatic nitrogens is 2. The number of carboxylic acids is 1. The van der Waals surface area contributed by atoms with E-state index in [1.54, 1.807) is 29.2 Å². The normalized spacial score (nSPS) is 15.0. The highest BCUT2D eigenvalue weighted by molar-refractivity contribution is 6.30. The molecule has 190 valence electrons. The summed E-state index contributed by atoms with van der Waals surface area (Å²) < 4.78 is 21.5. The highest BCUT2D eigenvalue weighted by Crippen LogP contribution is 2.41. The number of fused-ring (bicyclic) bond motifs is 2. The third kappa shape index (κ3) is 5.02. The van der Waals surface area contributed by atoms with Gasteiger partial charge in [-0.1, -0.05) is 35.9 Å². The topological polar surface area (TPSA) is 84.7 Å². The van der Waals surface area contributed by atoms with Gasteiger partial charge in [0.25, 0.3) is 0 Å². The Kier molecular flexibility index (Phi) is 6.84. The summed E-state index contributed by atoms with van der Waals surface area (Å²) in [6, 6.07) is 16.6. The van der Waals surface area contributed by atoms with Crippen molar-refractivity contribution in [2.24, 2.45) is 0 Å². The van der Waals surface area contributed by atoms with Crippen molar-refractivity contribution in [3.63, 3.8) is 0 Å². The van der Waals surface area contributed by atoms with Gasteiger partial charge in [0.15, 0.2) is 6.61 Å². The Hall–Kier alpha value is -3.91. The molecule has 3 aromatic carbocycles. The first kappa shape index (κ1) is 24.8. The van der Waals surface area contributed by atoms with E-state index in [0.717, 1.165) is 27.7 Å². The van der Waals surface area contributed by atoms with Crippen LogP contribution in [0.2, 0.25) is 5.02 Å². The number of para-hydroxylation sites is 1. The lowest BCUT2D eigenvalue weighted by Crippen LogP contribution is -2.41. The largest absolute Gasteiger partial charge is 0.482 e. The predicted molar refractivity (Wildman–Crippen MR) is 137 cm³/mol. The van der Waals surface area contributed by atoms with Crippen LogP contribution in [0, 0.1) is 12.7 Å². The van der Waals surface area contributed by atoms with E-state index in [-0.39, 0.29) is 18.1 Å². The maximum Gasteiger partial charge on any atom is 0.341 e. The Bertz CT molecular complexity index is 1500. The number of halogens is 2. The molecule has 1 amide bonds. The van der Waals surface area contributed by atoms with Gasteiger partial charge in [-0.2, -0.15) is 5.10 Å². The zero-order valence-electron chi connectivity index (χ0n) is 20.2. The number of carbonyl (C=O) groups is 2. The van der Waals surface area contributed by atoms with Crippen LogP contribution in [0.15, 0.2) is 60.7 Å². The smallest absolute Gasteiger partial charge is 0.341 e. The highest BCUT2D eigenvalue weighted by Gasteiger charge is 2.34. The van der Waals surface area contributed by atoms with Crippen molar-refractivity contribution < 1.29 is 23.8 Å². The predicted octanol–water partition coefficient (Wildman–Crippen LogP) is 5.17. The minimum Gasteiger partial charge on any atom is -0.482 e. The van der Waals surface area contributed by atoms with Gasteiger partial charge in [0.1, 0.15) is 11.6 Å². The second-order valence-electron chi connectivity index (χ2n) is 9.02. The number of hydrogen-bond donors (Lipinski definition) is 1. The second-order valence-corrected chi connectivity index (χ2v) is 9.46. The lowest BCUT2D eigenvalue weighted by Gasteiger charge is -2.38. The van der Waals surface area contributed by atoms with Gasteiger partial charge in [0.2, 0.25) is 5.91 Å². The molecule has 7 nitrogen and oxygen atoms in total. The molecule has 9 heteroatoms. The van der Waals surface area contributed by atoms with Gasteiger partial charge in [-0.3, -0.25) is 9.48 Å². The van der Waals surface area contributed by atoms with Crippen LogP contribution in [0.5, 0.6) is 5.75 Å². The first-order valence-corrected chi connectivity index (χ1v) is 12.3. The zero-order chi connectivity index (χ0) is 26.1. The van der Waals surface area contributed by atoms with E-state index < -0.39 is 18.6 Å². The van der Waals surface area contributed by atoms with Gasteiger partial charge in [-0.15, -0.1) is 0 Å². The molecule has 1 atom stereocenters. The van der Waals surface area contributed by atoms with Crippen LogP contribution >= 0.6 is 11.6 Å². The Morgan fingerprint density at radius 3 is 2.76 bits per heavy atom. The Morgan fingerprint density at radius 2 is 1.95 bits per heavy atom. The van der Waals surface area contributed by atoms with Gasteiger partial charge < -0.3 is 14.7 Å². The molecule has 0 bridgehead atoms. The first-order valence-electron chi connectivity index (χ1n) is 12.0. The van der Waals surface area contributed by atoms with Crippen molar-refractivity contribution in [2.45, 2.75) is 32.4 Å². The number of rotatable bonds is 7. The lowest BCUT2D eigenvalue weighted by molar-refractivity contribution is -0.139. The van der Waals surface area contributed by atoms with Crippen molar-refractivity contribution in [1.29, 1.82) is 0 Å². The van der Waals surface area contributed by atoms with Gasteiger partial charge in [-0.25, -0.2) is 9.18 Å². The number of carboxylic acid groups (broad SMARTS) is 1. The molecule has 0 fully saturated rings. The van der Waals surface area contributed by atoms with E-state index in [1.165, 1.54) is 12.1 Å². The van der Waals surface area contributed by atoms with Gasteiger partial charge >= 0.3 is 5.97 Å². The maximum absolute atomic E-state index is 14.1. The minimum atomic E-state index is -1.12. The molecule has 4 aromatic rings. The number of carbonyl (C=O) groups excluding carboxylic acids is 1. The van der Waals surface area contributed by atoms with E-state index in [0.29, 0.717) is 35.8 Å². The zero-order valence-corrected chi connectivity index (χ0v) is 20.9. The van der Waals surface area contributed by atoms with Crippen molar-refractivity contribution in [3.05, 3.63) is 93.9 Å². The number of amides is 1. The van der Waals surface area contributed by atoms with E-state index >= 15 is 0 Å². The molecule has 5 rings (SSSR count). The van der Waals surface area contributed by atoms with E-state index in [9.17, 15) is 14.0 Å². The van der Waals surface area contributed by atoms with Gasteiger partial charge in [0, 0.05) is 28.9 Å². The molecule has 1 N–H and O–H groups in total. The summed E-state index contributed by atoms with van der Waals surface area (Å²) in [6.45, 7) is 2.15. The molecular formula is C28H25ClFN3O4. The maximum atomic E-state index is 14.1. The van der Waals surface area contributed by atoms with Crippen LogP contribution in [0.3, 0.4) is 0 Å². The van der Waals surface area contributed by atoms with E-state index in [1.807, 2.05) is 35.9 Å². The van der Waals surface area contributed by atoms with E-state index in [2.05, 4.69) is 5.10 Å². The number of benzene rings is 3. The van der Waals surface area contributed by atoms with Gasteiger partial charge in [-0.05, 0) is 60.9 Å². The SMILES string of the molecule is Cc1nn(CCC(=O)N2CCc3cc(F)ccc3C2c2cc(Cl)ccc2OCC(=O)O)c2ccccc12. The van der Waals surface area contributed by atoms with Crippen LogP contribution in [0.4, 0.5) is 4.39 Å². The van der Waals surface area contributed by atoms with Crippen LogP contribution < -0.4 is 4.74 Å². The van der Waals surface area contributed by atoms with Crippen LogP contribution in [-0.2, 0) is 22.6 Å². The quantitative estimate of drug-likeness (QED) is 0.363. The number of aliphatic carboxylic acids is 1. The van der Waals surface area contributed by atoms with E-state index in [4.69, 9.17) is 21.4 Å². The molecule has 37 heavy (non-hydrogen) atoms. The summed E-state index contributed by atoms with van der Waals surface area (Å²) in [5.74, 6) is -1.28. The Morgan fingerprint density at radius 1 is 1.14 bits per heavy atom. The average molecular weight is 522 g/mol. The van der Waals surface area contributed by atoms with Crippen LogP contribution in [-0.4, -0.2) is 44.8 Å². The molecule has 1 aromatic heterocycles. The fourth-order valence-corrected chi connectivity index (χ4v) is 5.19. The third-order valence-electron chi connectivity index (χ3n) is 6.65. The summed E-state index contributed by atoms with van der Waals surface area (Å²) in [4.78, 5) is 26.6. The number of aryl methyl sites for hydroxylation is 2. The van der Waals surface area contributed by atoms with Crippen molar-refractivity contribution in [2.75, 3.05) is 13.2 Å². The molecule has 0 spiro atoms. The molecule has 2 heterocycles. The Labute approximate surface area is 218 Å². The molecule has 0 radical (unpaired) electrons. The average Bonchev–Trinajstić information content (AvgIpc) is 3.21. The minimum absolute atomic E-state index is 0.110. The molecule has 0 aliphatic carbocycles. The summed E-state index contributed by atoms with van der Waals surface area (Å²) in [6.07, 6.45) is 0.690. The number of nitrogens with zero attached hydrogens (tertiary/aromatic N) is 3. The first-order chi connectivity index (χ1) is 17.8. The highest BCUT2D eigenvalue weighted by atomic mass is 35.5. The summed E-state index contributed by atoms with van der Waals surface area (Å²) in [7, 11) is 0. The molecule has 1 aliphatic heterocycles. The van der Waals surface area contributed by atoms with Crippen molar-refractivity contribution >= 4 is 34.4 Å². The van der Waals surface area contributed by atoms with Crippen LogP contribution in [0.1, 0.15) is 34.8 Å². The fourth-order valence-electron chi connectivity index (χ4n) is 5.01. The lowest BCUT2D eigenvalue weighted by atomic mass is 9.87. The summed E-state index contributed by atoms with van der Waals surface area (Å²) in [5.41, 5.74) is 3.95. The Balaban J connectivity index is 1.50. The van der Waals surface area contributed by atoms with Gasteiger partial charge in [0.05, 0.1) is 23.8 Å². The summed E-state index contributed by atoms with van der Waals surface area (Å²) >= 11 is 6.33. The van der Waals surface area contributed by atoms with Crippen molar-refractivity contribution in [3.8, 4) is 5.75 Å².